The summed E-state index contributed by atoms with van der Waals surface area (Å²) < 4.78 is 40.7. The lowest BCUT2D eigenvalue weighted by Crippen LogP contribution is -2.41. The van der Waals surface area contributed by atoms with Crippen molar-refractivity contribution in [2.24, 2.45) is 0 Å². The Morgan fingerprint density at radius 1 is 1.33 bits per heavy atom. The number of aromatic nitrogens is 3. The fraction of sp³-hybridized carbons (Fsp3) is 0.400. The number of amides is 2. The molecule has 1 saturated heterocycles. The maximum Gasteiger partial charge on any atom is 0.418 e. The van der Waals surface area contributed by atoms with Crippen LogP contribution < -0.4 is 5.32 Å². The molecule has 1 aliphatic rings. The van der Waals surface area contributed by atoms with E-state index in [4.69, 9.17) is 0 Å². The number of benzene rings is 1. The van der Waals surface area contributed by atoms with Gasteiger partial charge in [0, 0.05) is 6.54 Å². The van der Waals surface area contributed by atoms with Crippen molar-refractivity contribution in [3.63, 3.8) is 0 Å². The van der Waals surface area contributed by atoms with Crippen LogP contribution in [0.15, 0.2) is 36.9 Å². The van der Waals surface area contributed by atoms with E-state index in [1.807, 2.05) is 0 Å². The maximum atomic E-state index is 13.0. The Hall–Kier alpha value is -2.58. The molecule has 128 valence electrons. The van der Waals surface area contributed by atoms with Gasteiger partial charge in [-0.25, -0.2) is 9.78 Å². The van der Waals surface area contributed by atoms with Crippen molar-refractivity contribution in [1.29, 1.82) is 0 Å². The smallest absolute Gasteiger partial charge is 0.320 e. The molecule has 1 aromatic heterocycles. The van der Waals surface area contributed by atoms with Gasteiger partial charge in [-0.3, -0.25) is 4.68 Å². The molecule has 2 aromatic rings. The third-order valence-electron chi connectivity index (χ3n) is 3.98. The maximum absolute atomic E-state index is 13.0. The van der Waals surface area contributed by atoms with Gasteiger partial charge in [0.2, 0.25) is 0 Å². The van der Waals surface area contributed by atoms with Gasteiger partial charge in [0.05, 0.1) is 23.8 Å². The predicted octanol–water partition coefficient (Wildman–Crippen LogP) is 2.99. The summed E-state index contributed by atoms with van der Waals surface area (Å²) >= 11 is 0. The van der Waals surface area contributed by atoms with E-state index in [2.05, 4.69) is 15.4 Å². The van der Waals surface area contributed by atoms with E-state index in [0.717, 1.165) is 18.9 Å². The van der Waals surface area contributed by atoms with Crippen molar-refractivity contribution in [2.45, 2.75) is 31.6 Å². The summed E-state index contributed by atoms with van der Waals surface area (Å²) in [7, 11) is 0. The Kier molecular flexibility index (Phi) is 4.41. The van der Waals surface area contributed by atoms with Crippen molar-refractivity contribution in [3.8, 4) is 0 Å². The number of halogens is 3. The van der Waals surface area contributed by atoms with Gasteiger partial charge in [-0.1, -0.05) is 12.1 Å². The molecule has 1 aromatic carbocycles. The van der Waals surface area contributed by atoms with Gasteiger partial charge in [-0.2, -0.15) is 18.3 Å². The molecular weight excluding hydrogens is 323 g/mol. The lowest BCUT2D eigenvalue weighted by Gasteiger charge is -2.25. The largest absolute Gasteiger partial charge is 0.418 e. The summed E-state index contributed by atoms with van der Waals surface area (Å²) in [6.45, 7) is 0.966. The second-order valence-corrected chi connectivity index (χ2v) is 5.58. The predicted molar refractivity (Wildman–Crippen MR) is 80.2 cm³/mol. The molecule has 0 saturated carbocycles. The first-order valence-corrected chi connectivity index (χ1v) is 7.51. The molecule has 9 heteroatoms. The second-order valence-electron chi connectivity index (χ2n) is 5.58. The van der Waals surface area contributed by atoms with Gasteiger partial charge in [0.25, 0.3) is 0 Å². The third-order valence-corrected chi connectivity index (χ3v) is 3.98. The van der Waals surface area contributed by atoms with Crippen LogP contribution >= 0.6 is 0 Å². The van der Waals surface area contributed by atoms with Gasteiger partial charge >= 0.3 is 12.2 Å². The van der Waals surface area contributed by atoms with Crippen molar-refractivity contribution in [1.82, 2.24) is 19.7 Å². The van der Waals surface area contributed by atoms with Crippen LogP contribution in [0, 0.1) is 0 Å². The molecule has 1 fully saturated rings. The zero-order valence-electron chi connectivity index (χ0n) is 12.7. The number of urea groups is 1. The molecule has 1 unspecified atom stereocenters. The highest BCUT2D eigenvalue weighted by Gasteiger charge is 2.35. The van der Waals surface area contributed by atoms with E-state index in [9.17, 15) is 18.0 Å². The standard InChI is InChI=1S/C15H16F3N5O/c16-15(17,18)12-5-1-2-6-13(12)21-14(24)23-7-3-4-11(23)8-22-10-19-9-20-22/h1-2,5-6,9-11H,3-4,7-8H2,(H,21,24). The molecule has 6 nitrogen and oxygen atoms in total. The zero-order chi connectivity index (χ0) is 17.2. The normalized spacial score (nSPS) is 18.0. The number of hydrogen-bond donors (Lipinski definition) is 1. The number of para-hydroxylation sites is 1. The summed E-state index contributed by atoms with van der Waals surface area (Å²) in [5, 5.41) is 6.39. The number of carbonyl (C=O) groups is 1. The van der Waals surface area contributed by atoms with Gasteiger partial charge in [-0.05, 0) is 25.0 Å². The van der Waals surface area contributed by atoms with Gasteiger partial charge < -0.3 is 10.2 Å². The van der Waals surface area contributed by atoms with Crippen LogP contribution in [0.1, 0.15) is 18.4 Å². The minimum absolute atomic E-state index is 0.121. The third kappa shape index (κ3) is 3.50. The Morgan fingerprint density at radius 2 is 2.12 bits per heavy atom. The zero-order valence-corrected chi connectivity index (χ0v) is 12.7. The van der Waals surface area contributed by atoms with Gasteiger partial charge in [0.15, 0.2) is 0 Å². The lowest BCUT2D eigenvalue weighted by atomic mass is 10.1. The molecule has 0 spiro atoms. The molecule has 0 bridgehead atoms. The molecule has 1 atom stereocenters. The van der Waals surface area contributed by atoms with Crippen LogP contribution in [0.4, 0.5) is 23.7 Å². The average molecular weight is 339 g/mol. The Morgan fingerprint density at radius 3 is 2.83 bits per heavy atom. The molecular formula is C15H16F3N5O. The first-order valence-electron chi connectivity index (χ1n) is 7.51. The minimum Gasteiger partial charge on any atom is -0.320 e. The van der Waals surface area contributed by atoms with Crippen molar-refractivity contribution in [3.05, 3.63) is 42.5 Å². The summed E-state index contributed by atoms with van der Waals surface area (Å²) in [5.74, 6) is 0. The van der Waals surface area contributed by atoms with Gasteiger partial charge in [-0.15, -0.1) is 0 Å². The number of likely N-dealkylation sites (tertiary alicyclic amines) is 1. The molecule has 2 heterocycles. The van der Waals surface area contributed by atoms with Crippen LogP contribution in [0.2, 0.25) is 0 Å². The highest BCUT2D eigenvalue weighted by atomic mass is 19.4. The summed E-state index contributed by atoms with van der Waals surface area (Å²) in [5.41, 5.74) is -1.09. The highest BCUT2D eigenvalue weighted by Crippen LogP contribution is 2.35. The van der Waals surface area contributed by atoms with Crippen molar-refractivity contribution < 1.29 is 18.0 Å². The molecule has 1 N–H and O–H groups in total. The quantitative estimate of drug-likeness (QED) is 0.935. The topological polar surface area (TPSA) is 63.1 Å². The molecule has 3 rings (SSSR count). The number of carbonyl (C=O) groups excluding carboxylic acids is 1. The molecule has 1 aliphatic heterocycles. The number of hydrogen-bond acceptors (Lipinski definition) is 3. The Bertz CT molecular complexity index is 701. The fourth-order valence-electron chi connectivity index (χ4n) is 2.86. The van der Waals surface area contributed by atoms with E-state index in [1.165, 1.54) is 24.5 Å². The van der Waals surface area contributed by atoms with E-state index >= 15 is 0 Å². The fourth-order valence-corrected chi connectivity index (χ4v) is 2.86. The summed E-state index contributed by atoms with van der Waals surface area (Å²) in [4.78, 5) is 17.8. The van der Waals surface area contributed by atoms with Crippen LogP contribution in [0.3, 0.4) is 0 Å². The Labute approximate surface area is 136 Å². The van der Waals surface area contributed by atoms with E-state index in [-0.39, 0.29) is 11.7 Å². The minimum atomic E-state index is -4.52. The van der Waals surface area contributed by atoms with Crippen LogP contribution in [0.5, 0.6) is 0 Å². The molecule has 0 radical (unpaired) electrons. The van der Waals surface area contributed by atoms with Crippen molar-refractivity contribution >= 4 is 11.7 Å². The lowest BCUT2D eigenvalue weighted by molar-refractivity contribution is -0.136. The molecule has 24 heavy (non-hydrogen) atoms. The van der Waals surface area contributed by atoms with Crippen LogP contribution in [-0.4, -0.2) is 38.3 Å². The number of rotatable bonds is 3. The van der Waals surface area contributed by atoms with Crippen LogP contribution in [-0.2, 0) is 12.7 Å². The molecule has 0 aliphatic carbocycles. The second kappa shape index (κ2) is 6.50. The number of alkyl halides is 3. The SMILES string of the molecule is O=C(Nc1ccccc1C(F)(F)F)N1CCCC1Cn1cncn1. The van der Waals surface area contributed by atoms with E-state index in [1.54, 1.807) is 15.9 Å². The monoisotopic (exact) mass is 339 g/mol. The average Bonchev–Trinajstić information content (AvgIpc) is 3.19. The first kappa shape index (κ1) is 16.3. The Balaban J connectivity index is 1.73. The van der Waals surface area contributed by atoms with E-state index in [0.29, 0.717) is 13.1 Å². The number of nitrogens with one attached hydrogen (secondary N) is 1. The number of anilines is 1. The summed E-state index contributed by atoms with van der Waals surface area (Å²) in [6, 6.07) is 4.30. The van der Waals surface area contributed by atoms with Crippen molar-refractivity contribution in [2.75, 3.05) is 11.9 Å². The van der Waals surface area contributed by atoms with Gasteiger partial charge in [0.1, 0.15) is 12.7 Å². The first-order chi connectivity index (χ1) is 11.4. The highest BCUT2D eigenvalue weighted by molar-refractivity contribution is 5.90. The molecule has 2 amide bonds. The van der Waals surface area contributed by atoms with Crippen LogP contribution in [0.25, 0.3) is 0 Å². The van der Waals surface area contributed by atoms with E-state index < -0.39 is 17.8 Å². The summed E-state index contributed by atoms with van der Waals surface area (Å²) in [6.07, 6.45) is 0.00319. The number of nitrogens with zero attached hydrogens (tertiary/aromatic N) is 4.